The fourth-order valence-electron chi connectivity index (χ4n) is 7.34. The lowest BCUT2D eigenvalue weighted by molar-refractivity contribution is 0.668. The van der Waals surface area contributed by atoms with Gasteiger partial charge in [-0.1, -0.05) is 127 Å². The maximum atomic E-state index is 6.34. The molecular formula is C46H29N3O. The summed E-state index contributed by atoms with van der Waals surface area (Å²) in [7, 11) is 0. The van der Waals surface area contributed by atoms with Crippen LogP contribution in [0.4, 0.5) is 0 Å². The van der Waals surface area contributed by atoms with E-state index in [0.717, 1.165) is 76.9 Å². The molecule has 0 fully saturated rings. The van der Waals surface area contributed by atoms with Crippen LogP contribution >= 0.6 is 0 Å². The van der Waals surface area contributed by atoms with Gasteiger partial charge in [-0.2, -0.15) is 0 Å². The molecule has 0 N–H and O–H groups in total. The van der Waals surface area contributed by atoms with E-state index in [0.29, 0.717) is 17.5 Å². The SMILES string of the molecule is Cc1cc(-c2ccc(-c3nc(-c4ccc5ccccc5c4)nc(-c4ccc5ccccc5c4)n3)c3ccccc23)c2c(c1)oc1ccccc12. The largest absolute Gasteiger partial charge is 0.456 e. The molecule has 0 aliphatic carbocycles. The molecule has 2 heterocycles. The van der Waals surface area contributed by atoms with Crippen molar-refractivity contribution in [2.24, 2.45) is 0 Å². The van der Waals surface area contributed by atoms with E-state index in [9.17, 15) is 0 Å². The maximum absolute atomic E-state index is 6.34. The van der Waals surface area contributed by atoms with E-state index in [1.54, 1.807) is 0 Å². The Morgan fingerprint density at radius 1 is 0.380 bits per heavy atom. The van der Waals surface area contributed by atoms with Crippen LogP contribution < -0.4 is 0 Å². The second-order valence-electron chi connectivity index (χ2n) is 12.9. The van der Waals surface area contributed by atoms with Crippen molar-refractivity contribution in [1.82, 2.24) is 15.0 Å². The van der Waals surface area contributed by atoms with Crippen molar-refractivity contribution in [3.05, 3.63) is 163 Å². The molecule has 10 aromatic rings. The van der Waals surface area contributed by atoms with Crippen molar-refractivity contribution >= 4 is 54.3 Å². The van der Waals surface area contributed by atoms with Crippen LogP contribution in [0.1, 0.15) is 5.56 Å². The summed E-state index contributed by atoms with van der Waals surface area (Å²) in [5.74, 6) is 1.92. The molecule has 50 heavy (non-hydrogen) atoms. The van der Waals surface area contributed by atoms with Crippen molar-refractivity contribution in [2.75, 3.05) is 0 Å². The molecular weight excluding hydrogens is 611 g/mol. The summed E-state index contributed by atoms with van der Waals surface area (Å²) in [6.45, 7) is 2.13. The summed E-state index contributed by atoms with van der Waals surface area (Å²) in [4.78, 5) is 15.5. The van der Waals surface area contributed by atoms with Crippen LogP contribution in [-0.2, 0) is 0 Å². The highest BCUT2D eigenvalue weighted by Gasteiger charge is 2.19. The van der Waals surface area contributed by atoms with Gasteiger partial charge in [0.25, 0.3) is 0 Å². The lowest BCUT2D eigenvalue weighted by Gasteiger charge is -2.14. The van der Waals surface area contributed by atoms with Gasteiger partial charge in [0.05, 0.1) is 0 Å². The van der Waals surface area contributed by atoms with Crippen LogP contribution in [0, 0.1) is 6.92 Å². The highest BCUT2D eigenvalue weighted by Crippen LogP contribution is 2.42. The Morgan fingerprint density at radius 2 is 0.900 bits per heavy atom. The standard InChI is InChI=1S/C46H29N3O/c1-28-24-40(43-39-16-8-9-17-41(39)50-42(43)25-28)37-22-23-38(36-15-7-6-14-35(36)37)46-48-44(33-20-18-29-10-2-4-12-31(29)26-33)47-45(49-46)34-21-19-30-11-3-5-13-32(30)27-34/h2-27H,1H3. The topological polar surface area (TPSA) is 51.8 Å². The number of para-hydroxylation sites is 1. The molecule has 4 heteroatoms. The number of hydrogen-bond donors (Lipinski definition) is 0. The second kappa shape index (κ2) is 11.2. The first-order valence-electron chi connectivity index (χ1n) is 16.9. The van der Waals surface area contributed by atoms with Crippen LogP contribution in [0.5, 0.6) is 0 Å². The molecule has 0 bridgehead atoms. The summed E-state index contributed by atoms with van der Waals surface area (Å²) in [6, 6.07) is 55.2. The van der Waals surface area contributed by atoms with Gasteiger partial charge in [0, 0.05) is 27.5 Å². The third-order valence-corrected chi connectivity index (χ3v) is 9.73. The van der Waals surface area contributed by atoms with Crippen LogP contribution in [0.25, 0.3) is 99.5 Å². The Kier molecular flexibility index (Phi) is 6.36. The zero-order valence-electron chi connectivity index (χ0n) is 27.3. The molecule has 10 rings (SSSR count). The van der Waals surface area contributed by atoms with E-state index >= 15 is 0 Å². The van der Waals surface area contributed by atoms with Crippen molar-refractivity contribution in [3.63, 3.8) is 0 Å². The van der Waals surface area contributed by atoms with Gasteiger partial charge in [0.2, 0.25) is 0 Å². The van der Waals surface area contributed by atoms with E-state index in [1.165, 1.54) is 10.8 Å². The number of benzene rings is 8. The van der Waals surface area contributed by atoms with Crippen molar-refractivity contribution in [2.45, 2.75) is 6.92 Å². The molecule has 0 saturated carbocycles. The number of aryl methyl sites for hydroxylation is 1. The second-order valence-corrected chi connectivity index (χ2v) is 12.9. The number of nitrogens with zero attached hydrogens (tertiary/aromatic N) is 3. The Morgan fingerprint density at radius 3 is 1.56 bits per heavy atom. The summed E-state index contributed by atoms with van der Waals surface area (Å²) < 4.78 is 6.34. The van der Waals surface area contributed by atoms with E-state index < -0.39 is 0 Å². The molecule has 0 atom stereocenters. The lowest BCUT2D eigenvalue weighted by atomic mass is 9.91. The van der Waals surface area contributed by atoms with E-state index in [2.05, 4.69) is 153 Å². The highest BCUT2D eigenvalue weighted by atomic mass is 16.3. The third-order valence-electron chi connectivity index (χ3n) is 9.73. The molecule has 0 radical (unpaired) electrons. The lowest BCUT2D eigenvalue weighted by Crippen LogP contribution is -2.01. The monoisotopic (exact) mass is 639 g/mol. The van der Waals surface area contributed by atoms with Gasteiger partial charge >= 0.3 is 0 Å². The van der Waals surface area contributed by atoms with Gasteiger partial charge in [-0.05, 0) is 86.3 Å². The summed E-state index contributed by atoms with van der Waals surface area (Å²) in [5.41, 5.74) is 8.08. The zero-order valence-corrected chi connectivity index (χ0v) is 27.3. The minimum Gasteiger partial charge on any atom is -0.456 e. The quantitative estimate of drug-likeness (QED) is 0.192. The highest BCUT2D eigenvalue weighted by molar-refractivity contribution is 6.16. The number of hydrogen-bond acceptors (Lipinski definition) is 4. The smallest absolute Gasteiger partial charge is 0.164 e. The van der Waals surface area contributed by atoms with Gasteiger partial charge < -0.3 is 4.42 Å². The van der Waals surface area contributed by atoms with Gasteiger partial charge in [-0.15, -0.1) is 0 Å². The average molecular weight is 640 g/mol. The third kappa shape index (κ3) is 4.65. The molecule has 0 aliphatic heterocycles. The first kappa shape index (κ1) is 28.4. The van der Waals surface area contributed by atoms with Gasteiger partial charge in [0.15, 0.2) is 17.5 Å². The van der Waals surface area contributed by atoms with Crippen molar-refractivity contribution in [3.8, 4) is 45.3 Å². The molecule has 8 aromatic carbocycles. The first-order valence-corrected chi connectivity index (χ1v) is 16.9. The molecule has 2 aromatic heterocycles. The molecule has 0 spiro atoms. The van der Waals surface area contributed by atoms with E-state index in [-0.39, 0.29) is 0 Å². The number of aromatic nitrogens is 3. The molecule has 234 valence electrons. The molecule has 0 aliphatic rings. The van der Waals surface area contributed by atoms with Gasteiger partial charge in [0.1, 0.15) is 11.2 Å². The average Bonchev–Trinajstić information content (AvgIpc) is 3.55. The minimum absolute atomic E-state index is 0.636. The van der Waals surface area contributed by atoms with E-state index in [4.69, 9.17) is 19.4 Å². The summed E-state index contributed by atoms with van der Waals surface area (Å²) in [6.07, 6.45) is 0. The molecule has 0 saturated heterocycles. The summed E-state index contributed by atoms with van der Waals surface area (Å²) >= 11 is 0. The van der Waals surface area contributed by atoms with Gasteiger partial charge in [-0.3, -0.25) is 0 Å². The Balaban J connectivity index is 1.21. The first-order chi connectivity index (χ1) is 24.7. The molecule has 4 nitrogen and oxygen atoms in total. The van der Waals surface area contributed by atoms with Crippen LogP contribution in [0.2, 0.25) is 0 Å². The van der Waals surface area contributed by atoms with E-state index in [1.807, 2.05) is 12.1 Å². The van der Waals surface area contributed by atoms with Crippen LogP contribution in [0.15, 0.2) is 162 Å². The predicted octanol–water partition coefficient (Wildman–Crippen LogP) is 12.2. The minimum atomic E-state index is 0.636. The fourth-order valence-corrected chi connectivity index (χ4v) is 7.34. The summed E-state index contributed by atoms with van der Waals surface area (Å²) in [5, 5.41) is 9.09. The Hall–Kier alpha value is -6.65. The number of furan rings is 1. The van der Waals surface area contributed by atoms with Crippen molar-refractivity contribution < 1.29 is 4.42 Å². The van der Waals surface area contributed by atoms with Crippen molar-refractivity contribution in [1.29, 1.82) is 0 Å². The predicted molar refractivity (Wildman–Crippen MR) is 206 cm³/mol. The normalized spacial score (nSPS) is 11.7. The van der Waals surface area contributed by atoms with Crippen LogP contribution in [0.3, 0.4) is 0 Å². The Bertz CT molecular complexity index is 2860. The van der Waals surface area contributed by atoms with Crippen LogP contribution in [-0.4, -0.2) is 15.0 Å². The zero-order chi connectivity index (χ0) is 33.2. The fraction of sp³-hybridized carbons (Fsp3) is 0.0217. The Labute approximate surface area is 288 Å². The molecule has 0 amide bonds. The number of fused-ring (bicyclic) bond motifs is 6. The molecule has 0 unspecified atom stereocenters. The number of rotatable bonds is 4. The maximum Gasteiger partial charge on any atom is 0.164 e. The van der Waals surface area contributed by atoms with Gasteiger partial charge in [-0.25, -0.2) is 15.0 Å².